The predicted octanol–water partition coefficient (Wildman–Crippen LogP) is 4.43. The van der Waals surface area contributed by atoms with E-state index in [9.17, 15) is 4.79 Å². The first-order valence-corrected chi connectivity index (χ1v) is 8.32. The second kappa shape index (κ2) is 6.97. The fourth-order valence-electron chi connectivity index (χ4n) is 2.52. The quantitative estimate of drug-likeness (QED) is 0.886. The van der Waals surface area contributed by atoms with Crippen LogP contribution in [0.5, 0.6) is 5.75 Å². The van der Waals surface area contributed by atoms with E-state index < -0.39 is 0 Å². The monoisotopic (exact) mass is 317 g/mol. The molecule has 1 heterocycles. The van der Waals surface area contributed by atoms with Gasteiger partial charge in [0.15, 0.2) is 0 Å². The highest BCUT2D eigenvalue weighted by molar-refractivity contribution is 7.14. The van der Waals surface area contributed by atoms with E-state index in [0.717, 1.165) is 28.2 Å². The van der Waals surface area contributed by atoms with E-state index in [4.69, 9.17) is 4.74 Å². The van der Waals surface area contributed by atoms with Gasteiger partial charge in [-0.2, -0.15) is 0 Å². The van der Waals surface area contributed by atoms with Crippen LogP contribution in [0.15, 0.2) is 24.3 Å². The van der Waals surface area contributed by atoms with Crippen molar-refractivity contribution in [2.75, 3.05) is 7.11 Å². The van der Waals surface area contributed by atoms with Crippen molar-refractivity contribution >= 4 is 17.2 Å². The van der Waals surface area contributed by atoms with Crippen molar-refractivity contribution in [2.45, 2.75) is 40.2 Å². The van der Waals surface area contributed by atoms with E-state index in [1.165, 1.54) is 10.4 Å². The minimum absolute atomic E-state index is 0.0242. The highest BCUT2D eigenvalue weighted by Gasteiger charge is 2.17. The molecule has 0 bridgehead atoms. The number of thiophene rings is 1. The molecule has 0 unspecified atom stereocenters. The van der Waals surface area contributed by atoms with Gasteiger partial charge in [-0.05, 0) is 44.9 Å². The van der Waals surface area contributed by atoms with Crippen LogP contribution in [0.1, 0.15) is 51.1 Å². The number of hydrogen-bond acceptors (Lipinski definition) is 3. The summed E-state index contributed by atoms with van der Waals surface area (Å²) in [6, 6.07) is 7.90. The van der Waals surface area contributed by atoms with Crippen LogP contribution < -0.4 is 10.1 Å². The fourth-order valence-corrected chi connectivity index (χ4v) is 3.54. The van der Waals surface area contributed by atoms with Crippen molar-refractivity contribution < 1.29 is 9.53 Å². The minimum atomic E-state index is -0.102. The lowest BCUT2D eigenvalue weighted by atomic mass is 10.0. The summed E-state index contributed by atoms with van der Waals surface area (Å²) in [4.78, 5) is 14.4. The summed E-state index contributed by atoms with van der Waals surface area (Å²) in [5.41, 5.74) is 3.40. The number of ether oxygens (including phenoxy) is 1. The Balaban J connectivity index is 2.19. The maximum absolute atomic E-state index is 12.5. The Hall–Kier alpha value is -1.81. The highest BCUT2D eigenvalue weighted by Crippen LogP contribution is 2.27. The van der Waals surface area contributed by atoms with Gasteiger partial charge in [-0.1, -0.05) is 24.6 Å². The summed E-state index contributed by atoms with van der Waals surface area (Å²) < 4.78 is 5.40. The van der Waals surface area contributed by atoms with Crippen LogP contribution in [0.25, 0.3) is 0 Å². The molecule has 4 heteroatoms. The summed E-state index contributed by atoms with van der Waals surface area (Å²) in [6.07, 6.45) is 0.955. The lowest BCUT2D eigenvalue weighted by molar-refractivity contribution is 0.0943. The molecule has 2 rings (SSSR count). The van der Waals surface area contributed by atoms with Crippen LogP contribution in [-0.2, 0) is 6.42 Å². The second-order valence-corrected chi connectivity index (χ2v) is 6.74. The van der Waals surface area contributed by atoms with Gasteiger partial charge in [0.1, 0.15) is 5.75 Å². The number of nitrogens with one attached hydrogen (secondary N) is 1. The zero-order valence-electron chi connectivity index (χ0n) is 13.8. The number of rotatable bonds is 5. The number of hydrogen-bond donors (Lipinski definition) is 1. The number of amides is 1. The Labute approximate surface area is 136 Å². The summed E-state index contributed by atoms with van der Waals surface area (Å²) in [5, 5.41) is 3.07. The number of carbonyl (C=O) groups is 1. The molecule has 0 fully saturated rings. The average molecular weight is 317 g/mol. The third-order valence-corrected chi connectivity index (χ3v) is 4.92. The van der Waals surface area contributed by atoms with Gasteiger partial charge in [0.2, 0.25) is 0 Å². The van der Waals surface area contributed by atoms with E-state index in [1.807, 2.05) is 32.0 Å². The van der Waals surface area contributed by atoms with Crippen LogP contribution in [0, 0.1) is 13.8 Å². The van der Waals surface area contributed by atoms with Crippen LogP contribution in [-0.4, -0.2) is 13.0 Å². The molecule has 118 valence electrons. The van der Waals surface area contributed by atoms with E-state index in [0.29, 0.717) is 0 Å². The molecule has 0 spiro atoms. The van der Waals surface area contributed by atoms with Crippen LogP contribution >= 0.6 is 11.3 Å². The molecule has 1 aromatic carbocycles. The number of carbonyl (C=O) groups excluding carboxylic acids is 1. The molecule has 0 radical (unpaired) electrons. The average Bonchev–Trinajstić information content (AvgIpc) is 2.88. The van der Waals surface area contributed by atoms with Crippen molar-refractivity contribution in [3.63, 3.8) is 0 Å². The normalized spacial score (nSPS) is 12.0. The molecule has 1 atom stereocenters. The molecular formula is C18H23NO2S. The van der Waals surface area contributed by atoms with Crippen molar-refractivity contribution in [3.05, 3.63) is 50.7 Å². The maximum atomic E-state index is 12.5. The first-order valence-electron chi connectivity index (χ1n) is 7.51. The molecular weight excluding hydrogens is 294 g/mol. The van der Waals surface area contributed by atoms with Gasteiger partial charge in [0.05, 0.1) is 18.0 Å². The third-order valence-electron chi connectivity index (χ3n) is 3.82. The van der Waals surface area contributed by atoms with Gasteiger partial charge >= 0.3 is 0 Å². The summed E-state index contributed by atoms with van der Waals surface area (Å²) in [7, 11) is 1.65. The first-order chi connectivity index (χ1) is 10.5. The summed E-state index contributed by atoms with van der Waals surface area (Å²) in [5.74, 6) is 0.777. The van der Waals surface area contributed by atoms with Crippen molar-refractivity contribution in [3.8, 4) is 5.75 Å². The van der Waals surface area contributed by atoms with Crippen LogP contribution in [0.3, 0.4) is 0 Å². The molecule has 2 aromatic rings. The molecule has 0 aliphatic carbocycles. The molecule has 1 N–H and O–H groups in total. The van der Waals surface area contributed by atoms with Crippen LogP contribution in [0.4, 0.5) is 0 Å². The van der Waals surface area contributed by atoms with Gasteiger partial charge in [-0.3, -0.25) is 4.79 Å². The third kappa shape index (κ3) is 3.50. The van der Waals surface area contributed by atoms with E-state index in [-0.39, 0.29) is 11.9 Å². The Morgan fingerprint density at radius 3 is 2.64 bits per heavy atom. The lowest BCUT2D eigenvalue weighted by Gasteiger charge is -2.17. The summed E-state index contributed by atoms with van der Waals surface area (Å²) in [6.45, 7) is 8.19. The predicted molar refractivity (Wildman–Crippen MR) is 92.0 cm³/mol. The van der Waals surface area contributed by atoms with Gasteiger partial charge in [-0.25, -0.2) is 0 Å². The van der Waals surface area contributed by atoms with Gasteiger partial charge < -0.3 is 10.1 Å². The molecule has 0 aliphatic heterocycles. The molecule has 0 saturated heterocycles. The van der Waals surface area contributed by atoms with Crippen molar-refractivity contribution in [1.29, 1.82) is 0 Å². The smallest absolute Gasteiger partial charge is 0.261 e. The topological polar surface area (TPSA) is 38.3 Å². The molecule has 3 nitrogen and oxygen atoms in total. The van der Waals surface area contributed by atoms with Crippen molar-refractivity contribution in [1.82, 2.24) is 5.32 Å². The number of methoxy groups -OCH3 is 1. The highest BCUT2D eigenvalue weighted by atomic mass is 32.1. The largest absolute Gasteiger partial charge is 0.496 e. The Morgan fingerprint density at radius 2 is 2.05 bits per heavy atom. The van der Waals surface area contributed by atoms with Crippen molar-refractivity contribution in [2.24, 2.45) is 0 Å². The number of benzene rings is 1. The molecule has 22 heavy (non-hydrogen) atoms. The molecule has 0 saturated carbocycles. The Bertz CT molecular complexity index is 676. The standard InChI is InChI=1S/C18H23NO2S/c1-6-14-10-17(22-13(14)4)18(20)19-12(3)15-9-11(2)7-8-16(15)21-5/h7-10,12H,6H2,1-5H3,(H,19,20)/t12-/m1/s1. The SMILES string of the molecule is CCc1cc(C(=O)N[C@H](C)c2cc(C)ccc2OC)sc1C. The second-order valence-electron chi connectivity index (χ2n) is 5.49. The number of aryl methyl sites for hydroxylation is 3. The van der Waals surface area contributed by atoms with Gasteiger partial charge in [0.25, 0.3) is 5.91 Å². The molecule has 0 aliphatic rings. The van der Waals surface area contributed by atoms with Crippen LogP contribution in [0.2, 0.25) is 0 Å². The first kappa shape index (κ1) is 16.6. The molecule has 1 amide bonds. The zero-order chi connectivity index (χ0) is 16.3. The Morgan fingerprint density at radius 1 is 1.32 bits per heavy atom. The lowest BCUT2D eigenvalue weighted by Crippen LogP contribution is -2.26. The van der Waals surface area contributed by atoms with Gasteiger partial charge in [0, 0.05) is 10.4 Å². The van der Waals surface area contributed by atoms with E-state index in [2.05, 4.69) is 25.2 Å². The fraction of sp³-hybridized carbons (Fsp3) is 0.389. The minimum Gasteiger partial charge on any atom is -0.496 e. The summed E-state index contributed by atoms with van der Waals surface area (Å²) >= 11 is 1.55. The zero-order valence-corrected chi connectivity index (χ0v) is 14.6. The Kier molecular flexibility index (Phi) is 5.24. The maximum Gasteiger partial charge on any atom is 0.261 e. The molecule has 1 aromatic heterocycles. The van der Waals surface area contributed by atoms with E-state index >= 15 is 0 Å². The van der Waals surface area contributed by atoms with E-state index in [1.54, 1.807) is 18.4 Å². The van der Waals surface area contributed by atoms with Gasteiger partial charge in [-0.15, -0.1) is 11.3 Å².